The molecule has 0 radical (unpaired) electrons. The third kappa shape index (κ3) is 5.79. The van der Waals surface area contributed by atoms with Crippen molar-refractivity contribution < 1.29 is 14.0 Å². The second kappa shape index (κ2) is 10.3. The second-order valence-corrected chi connectivity index (χ2v) is 8.59. The molecule has 1 saturated heterocycles. The molecule has 0 aliphatic carbocycles. The van der Waals surface area contributed by atoms with Gasteiger partial charge in [0.1, 0.15) is 11.5 Å². The molecule has 0 bridgehead atoms. The smallest absolute Gasteiger partial charge is 0.272 e. The van der Waals surface area contributed by atoms with Gasteiger partial charge in [-0.2, -0.15) is 5.10 Å². The molecule has 2 amide bonds. The number of thioether (sulfide) groups is 1. The largest absolute Gasteiger partial charge is 0.467 e. The lowest BCUT2D eigenvalue weighted by Gasteiger charge is -2.31. The third-order valence-electron chi connectivity index (χ3n) is 5.46. The van der Waals surface area contributed by atoms with E-state index < -0.39 is 0 Å². The SMILES string of the molecule is O=C(NCc1ccco1)c1cc(C2CCN(C(=O)CSCc3ccccc3)CC2)[nH]n1. The second-order valence-electron chi connectivity index (χ2n) is 7.60. The van der Waals surface area contributed by atoms with E-state index in [2.05, 4.69) is 27.6 Å². The molecule has 1 aromatic carbocycles. The minimum absolute atomic E-state index is 0.196. The minimum Gasteiger partial charge on any atom is -0.467 e. The number of aromatic amines is 1. The number of aromatic nitrogens is 2. The lowest BCUT2D eigenvalue weighted by Crippen LogP contribution is -2.39. The number of rotatable bonds is 8. The van der Waals surface area contributed by atoms with E-state index in [1.165, 1.54) is 5.56 Å². The number of likely N-dealkylation sites (tertiary alicyclic amines) is 1. The summed E-state index contributed by atoms with van der Waals surface area (Å²) in [6, 6.07) is 15.6. The Hall–Kier alpha value is -3.00. The van der Waals surface area contributed by atoms with E-state index in [1.807, 2.05) is 35.2 Å². The van der Waals surface area contributed by atoms with Crippen LogP contribution in [0, 0.1) is 0 Å². The molecule has 1 aliphatic rings. The first-order valence-corrected chi connectivity index (χ1v) is 11.6. The molecule has 1 fully saturated rings. The lowest BCUT2D eigenvalue weighted by atomic mass is 9.93. The molecular formula is C23H26N4O3S. The molecule has 1 aliphatic heterocycles. The zero-order valence-corrected chi connectivity index (χ0v) is 18.1. The van der Waals surface area contributed by atoms with Gasteiger partial charge >= 0.3 is 0 Å². The summed E-state index contributed by atoms with van der Waals surface area (Å²) >= 11 is 1.66. The van der Waals surface area contributed by atoms with Crippen LogP contribution in [0.15, 0.2) is 59.2 Å². The zero-order chi connectivity index (χ0) is 21.5. The summed E-state index contributed by atoms with van der Waals surface area (Å²) in [4.78, 5) is 26.8. The van der Waals surface area contributed by atoms with Crippen molar-refractivity contribution in [3.63, 3.8) is 0 Å². The predicted octanol–water partition coefficient (Wildman–Crippen LogP) is 3.57. The Morgan fingerprint density at radius 2 is 1.97 bits per heavy atom. The fourth-order valence-electron chi connectivity index (χ4n) is 3.69. The van der Waals surface area contributed by atoms with Crippen molar-refractivity contribution in [3.05, 3.63) is 77.5 Å². The quantitative estimate of drug-likeness (QED) is 0.561. The van der Waals surface area contributed by atoms with Crippen LogP contribution in [0.4, 0.5) is 0 Å². The normalized spacial score (nSPS) is 14.5. The average molecular weight is 439 g/mol. The Labute approximate surface area is 185 Å². The highest BCUT2D eigenvalue weighted by atomic mass is 32.2. The van der Waals surface area contributed by atoms with Gasteiger partial charge in [-0.1, -0.05) is 30.3 Å². The van der Waals surface area contributed by atoms with E-state index in [4.69, 9.17) is 4.42 Å². The predicted molar refractivity (Wildman–Crippen MR) is 120 cm³/mol. The summed E-state index contributed by atoms with van der Waals surface area (Å²) in [5, 5.41) is 9.97. The molecule has 0 atom stereocenters. The van der Waals surface area contributed by atoms with E-state index in [-0.39, 0.29) is 17.7 Å². The Morgan fingerprint density at radius 3 is 2.71 bits per heavy atom. The Bertz CT molecular complexity index is 979. The highest BCUT2D eigenvalue weighted by Gasteiger charge is 2.25. The first-order valence-electron chi connectivity index (χ1n) is 10.4. The Balaban J connectivity index is 1.20. The highest BCUT2D eigenvalue weighted by molar-refractivity contribution is 7.99. The van der Waals surface area contributed by atoms with Gasteiger partial charge in [-0.25, -0.2) is 0 Å². The standard InChI is InChI=1S/C23H26N4O3S/c28-22(16-31-15-17-5-2-1-3-6-17)27-10-8-18(9-11-27)20-13-21(26-25-20)23(29)24-14-19-7-4-12-30-19/h1-7,12-13,18H,8-11,14-16H2,(H,24,29)(H,25,26). The van der Waals surface area contributed by atoms with Crippen LogP contribution in [-0.2, 0) is 17.1 Å². The van der Waals surface area contributed by atoms with Gasteiger partial charge in [-0.3, -0.25) is 14.7 Å². The Morgan fingerprint density at radius 1 is 1.16 bits per heavy atom. The molecule has 0 spiro atoms. The maximum atomic E-state index is 12.5. The number of hydrogen-bond donors (Lipinski definition) is 2. The lowest BCUT2D eigenvalue weighted by molar-refractivity contribution is -0.129. The molecule has 2 N–H and O–H groups in total. The molecular weight excluding hydrogens is 412 g/mol. The summed E-state index contributed by atoms with van der Waals surface area (Å²) < 4.78 is 5.22. The van der Waals surface area contributed by atoms with E-state index in [0.29, 0.717) is 23.8 Å². The number of H-pyrrole nitrogens is 1. The molecule has 8 heteroatoms. The van der Waals surface area contributed by atoms with Crippen molar-refractivity contribution in [2.75, 3.05) is 18.8 Å². The fraction of sp³-hybridized carbons (Fsp3) is 0.348. The molecule has 7 nitrogen and oxygen atoms in total. The van der Waals surface area contributed by atoms with Crippen molar-refractivity contribution >= 4 is 23.6 Å². The first kappa shape index (κ1) is 21.2. The first-order chi connectivity index (χ1) is 15.2. The van der Waals surface area contributed by atoms with Gasteiger partial charge in [0, 0.05) is 30.5 Å². The van der Waals surface area contributed by atoms with E-state index in [0.717, 1.165) is 37.4 Å². The van der Waals surface area contributed by atoms with Crippen molar-refractivity contribution in [2.45, 2.75) is 31.1 Å². The highest BCUT2D eigenvalue weighted by Crippen LogP contribution is 2.27. The third-order valence-corrected chi connectivity index (χ3v) is 6.45. The van der Waals surface area contributed by atoms with Gasteiger partial charge in [-0.05, 0) is 36.6 Å². The van der Waals surface area contributed by atoms with Crippen LogP contribution in [0.2, 0.25) is 0 Å². The maximum Gasteiger partial charge on any atom is 0.272 e. The Kier molecular flexibility index (Phi) is 7.09. The number of carbonyl (C=O) groups excluding carboxylic acids is 2. The van der Waals surface area contributed by atoms with E-state index in [1.54, 1.807) is 24.1 Å². The van der Waals surface area contributed by atoms with Crippen LogP contribution in [-0.4, -0.2) is 45.8 Å². The number of amides is 2. The molecule has 162 valence electrons. The number of nitrogens with one attached hydrogen (secondary N) is 2. The summed E-state index contributed by atoms with van der Waals surface area (Å²) in [7, 11) is 0. The van der Waals surface area contributed by atoms with E-state index in [9.17, 15) is 9.59 Å². The number of nitrogens with zero attached hydrogens (tertiary/aromatic N) is 2. The molecule has 3 aromatic rings. The molecule has 3 heterocycles. The molecule has 0 unspecified atom stereocenters. The van der Waals surface area contributed by atoms with Gasteiger partial charge < -0.3 is 14.6 Å². The summed E-state index contributed by atoms with van der Waals surface area (Å²) in [6.45, 7) is 1.79. The topological polar surface area (TPSA) is 91.2 Å². The van der Waals surface area contributed by atoms with Gasteiger partial charge in [0.15, 0.2) is 0 Å². The van der Waals surface area contributed by atoms with Gasteiger partial charge in [-0.15, -0.1) is 11.8 Å². The number of furan rings is 1. The van der Waals surface area contributed by atoms with Crippen LogP contribution >= 0.6 is 11.8 Å². The van der Waals surface area contributed by atoms with Gasteiger partial charge in [0.25, 0.3) is 5.91 Å². The van der Waals surface area contributed by atoms with Crippen LogP contribution in [0.25, 0.3) is 0 Å². The average Bonchev–Trinajstić information content (AvgIpc) is 3.51. The summed E-state index contributed by atoms with van der Waals surface area (Å²) in [6.07, 6.45) is 3.31. The fourth-order valence-corrected chi connectivity index (χ4v) is 4.58. The minimum atomic E-state index is -0.234. The summed E-state index contributed by atoms with van der Waals surface area (Å²) in [5.74, 6) is 2.29. The number of carbonyl (C=O) groups is 2. The number of piperidine rings is 1. The van der Waals surface area contributed by atoms with Crippen molar-refractivity contribution in [1.82, 2.24) is 20.4 Å². The van der Waals surface area contributed by atoms with Crippen molar-refractivity contribution in [1.29, 1.82) is 0 Å². The molecule has 2 aromatic heterocycles. The maximum absolute atomic E-state index is 12.5. The molecule has 31 heavy (non-hydrogen) atoms. The van der Waals surface area contributed by atoms with Crippen LogP contribution in [0.5, 0.6) is 0 Å². The summed E-state index contributed by atoms with van der Waals surface area (Å²) in [5.41, 5.74) is 2.56. The van der Waals surface area contributed by atoms with Gasteiger partial charge in [0.2, 0.25) is 5.91 Å². The van der Waals surface area contributed by atoms with Crippen LogP contribution in [0.1, 0.15) is 46.3 Å². The van der Waals surface area contributed by atoms with E-state index >= 15 is 0 Å². The number of benzene rings is 1. The van der Waals surface area contributed by atoms with Crippen LogP contribution < -0.4 is 5.32 Å². The van der Waals surface area contributed by atoms with Crippen molar-refractivity contribution in [3.8, 4) is 0 Å². The number of hydrogen-bond acceptors (Lipinski definition) is 5. The van der Waals surface area contributed by atoms with Gasteiger partial charge in [0.05, 0.1) is 18.6 Å². The van der Waals surface area contributed by atoms with Crippen LogP contribution in [0.3, 0.4) is 0 Å². The molecule has 4 rings (SSSR count). The zero-order valence-electron chi connectivity index (χ0n) is 17.3. The van der Waals surface area contributed by atoms with Crippen molar-refractivity contribution in [2.24, 2.45) is 0 Å². The molecule has 0 saturated carbocycles. The monoisotopic (exact) mass is 438 g/mol.